The van der Waals surface area contributed by atoms with Gasteiger partial charge in [0.15, 0.2) is 0 Å². The SMILES string of the molecule is Cc1ccc(C(=O)Nc2cc(CN3CCC[C@H](N)C3)cc(-n3cnc(C)c3)c2)nc1. The summed E-state index contributed by atoms with van der Waals surface area (Å²) in [5.74, 6) is -0.222. The average Bonchev–Trinajstić information content (AvgIpc) is 3.15. The summed E-state index contributed by atoms with van der Waals surface area (Å²) < 4.78 is 1.97. The van der Waals surface area contributed by atoms with Crippen LogP contribution < -0.4 is 11.1 Å². The minimum Gasteiger partial charge on any atom is -0.327 e. The molecule has 4 rings (SSSR count). The number of aryl methyl sites for hydroxylation is 2. The number of piperidine rings is 1. The lowest BCUT2D eigenvalue weighted by Crippen LogP contribution is -2.42. The highest BCUT2D eigenvalue weighted by Gasteiger charge is 2.18. The second kappa shape index (κ2) is 8.77. The first-order chi connectivity index (χ1) is 14.5. The fourth-order valence-corrected chi connectivity index (χ4v) is 3.84. The van der Waals surface area contributed by atoms with E-state index in [4.69, 9.17) is 5.73 Å². The number of hydrogen-bond donors (Lipinski definition) is 2. The summed E-state index contributed by atoms with van der Waals surface area (Å²) in [5, 5.41) is 3.00. The van der Waals surface area contributed by atoms with Crippen LogP contribution in [0.3, 0.4) is 0 Å². The summed E-state index contributed by atoms with van der Waals surface area (Å²) in [5.41, 5.74) is 11.3. The Morgan fingerprint density at radius 3 is 2.80 bits per heavy atom. The van der Waals surface area contributed by atoms with Crippen molar-refractivity contribution in [3.05, 3.63) is 71.6 Å². The molecule has 0 radical (unpaired) electrons. The molecule has 1 aromatic carbocycles. The number of carbonyl (C=O) groups is 1. The number of nitrogens with one attached hydrogen (secondary N) is 1. The van der Waals surface area contributed by atoms with Gasteiger partial charge in [-0.25, -0.2) is 4.98 Å². The number of benzene rings is 1. The van der Waals surface area contributed by atoms with Gasteiger partial charge in [0, 0.05) is 42.9 Å². The Bertz CT molecular complexity index is 1030. The van der Waals surface area contributed by atoms with Crippen molar-refractivity contribution in [1.29, 1.82) is 0 Å². The quantitative estimate of drug-likeness (QED) is 0.682. The molecule has 0 unspecified atom stereocenters. The van der Waals surface area contributed by atoms with E-state index in [1.165, 1.54) is 0 Å². The molecule has 3 aromatic rings. The summed E-state index contributed by atoms with van der Waals surface area (Å²) in [6, 6.07) is 9.98. The Morgan fingerprint density at radius 2 is 2.10 bits per heavy atom. The zero-order valence-electron chi connectivity index (χ0n) is 17.5. The Morgan fingerprint density at radius 1 is 1.23 bits per heavy atom. The molecule has 0 aliphatic carbocycles. The first kappa shape index (κ1) is 20.3. The van der Waals surface area contributed by atoms with Gasteiger partial charge in [-0.3, -0.25) is 14.7 Å². The molecule has 156 valence electrons. The van der Waals surface area contributed by atoms with Crippen LogP contribution in [0.1, 0.15) is 40.2 Å². The van der Waals surface area contributed by atoms with Gasteiger partial charge in [0.25, 0.3) is 5.91 Å². The van der Waals surface area contributed by atoms with Crippen molar-refractivity contribution in [2.75, 3.05) is 18.4 Å². The number of likely N-dealkylation sites (tertiary alicyclic amines) is 1. The third-order valence-corrected chi connectivity index (χ3v) is 5.34. The van der Waals surface area contributed by atoms with E-state index in [0.717, 1.165) is 60.7 Å². The number of nitrogens with zero attached hydrogens (tertiary/aromatic N) is 4. The fourth-order valence-electron chi connectivity index (χ4n) is 3.84. The van der Waals surface area contributed by atoms with Crippen molar-refractivity contribution in [3.63, 3.8) is 0 Å². The zero-order valence-corrected chi connectivity index (χ0v) is 17.5. The van der Waals surface area contributed by atoms with Crippen LogP contribution >= 0.6 is 0 Å². The molecular formula is C23H28N6O. The predicted octanol–water partition coefficient (Wildman–Crippen LogP) is 3.06. The highest BCUT2D eigenvalue weighted by molar-refractivity contribution is 6.03. The Hall–Kier alpha value is -3.03. The van der Waals surface area contributed by atoms with Gasteiger partial charge in [0.2, 0.25) is 0 Å². The molecule has 1 amide bonds. The molecule has 1 saturated heterocycles. The molecule has 30 heavy (non-hydrogen) atoms. The number of nitrogens with two attached hydrogens (primary N) is 1. The van der Waals surface area contributed by atoms with Crippen molar-refractivity contribution >= 4 is 11.6 Å². The van der Waals surface area contributed by atoms with E-state index in [0.29, 0.717) is 5.69 Å². The minimum atomic E-state index is -0.222. The molecule has 0 saturated carbocycles. The lowest BCUT2D eigenvalue weighted by atomic mass is 10.1. The summed E-state index contributed by atoms with van der Waals surface area (Å²) in [6.07, 6.45) is 7.66. The molecule has 0 spiro atoms. The maximum Gasteiger partial charge on any atom is 0.274 e. The first-order valence-electron chi connectivity index (χ1n) is 10.3. The van der Waals surface area contributed by atoms with Crippen molar-refractivity contribution < 1.29 is 4.79 Å². The van der Waals surface area contributed by atoms with Crippen molar-refractivity contribution in [3.8, 4) is 5.69 Å². The van der Waals surface area contributed by atoms with Crippen LogP contribution in [0.5, 0.6) is 0 Å². The summed E-state index contributed by atoms with van der Waals surface area (Å²) >= 11 is 0. The third-order valence-electron chi connectivity index (χ3n) is 5.34. The van der Waals surface area contributed by atoms with Gasteiger partial charge < -0.3 is 15.6 Å². The average molecular weight is 405 g/mol. The van der Waals surface area contributed by atoms with E-state index in [1.807, 2.05) is 42.8 Å². The first-order valence-corrected chi connectivity index (χ1v) is 10.3. The molecule has 0 bridgehead atoms. The Labute approximate surface area is 176 Å². The molecule has 1 aliphatic rings. The van der Waals surface area contributed by atoms with Crippen LogP contribution in [0, 0.1) is 13.8 Å². The normalized spacial score (nSPS) is 17.1. The number of hydrogen-bond acceptors (Lipinski definition) is 5. The highest BCUT2D eigenvalue weighted by Crippen LogP contribution is 2.22. The topological polar surface area (TPSA) is 89.1 Å². The maximum atomic E-state index is 12.7. The number of imidazole rings is 1. The van der Waals surface area contributed by atoms with Crippen molar-refractivity contribution in [2.45, 2.75) is 39.3 Å². The number of anilines is 1. The lowest BCUT2D eigenvalue weighted by Gasteiger charge is -2.30. The largest absolute Gasteiger partial charge is 0.327 e. The second-order valence-electron chi connectivity index (χ2n) is 8.12. The van der Waals surface area contributed by atoms with E-state index in [2.05, 4.69) is 26.3 Å². The number of carbonyl (C=O) groups excluding carboxylic acids is 1. The van der Waals surface area contributed by atoms with Gasteiger partial charge in [0.05, 0.1) is 12.0 Å². The predicted molar refractivity (Wildman–Crippen MR) is 118 cm³/mol. The Balaban J connectivity index is 1.61. The molecule has 3 heterocycles. The zero-order chi connectivity index (χ0) is 21.1. The molecule has 1 atom stereocenters. The van der Waals surface area contributed by atoms with E-state index in [1.54, 1.807) is 18.6 Å². The monoisotopic (exact) mass is 404 g/mol. The van der Waals surface area contributed by atoms with Crippen molar-refractivity contribution in [2.24, 2.45) is 5.73 Å². The molecule has 1 fully saturated rings. The second-order valence-corrected chi connectivity index (χ2v) is 8.12. The molecule has 1 aliphatic heterocycles. The van der Waals surface area contributed by atoms with Crippen LogP contribution in [0.2, 0.25) is 0 Å². The van der Waals surface area contributed by atoms with Crippen molar-refractivity contribution in [1.82, 2.24) is 19.4 Å². The van der Waals surface area contributed by atoms with Gasteiger partial charge >= 0.3 is 0 Å². The molecule has 3 N–H and O–H groups in total. The van der Waals surface area contributed by atoms with Gasteiger partial charge in [-0.15, -0.1) is 0 Å². The fraction of sp³-hybridized carbons (Fsp3) is 0.348. The number of rotatable bonds is 5. The number of amides is 1. The molecule has 7 heteroatoms. The van der Waals surface area contributed by atoms with E-state index >= 15 is 0 Å². The number of pyridine rings is 1. The van der Waals surface area contributed by atoms with Crippen LogP contribution in [0.4, 0.5) is 5.69 Å². The Kier molecular flexibility index (Phi) is 5.92. The van der Waals surface area contributed by atoms with E-state index < -0.39 is 0 Å². The standard InChI is InChI=1S/C23H28N6O/c1-16-5-6-22(25-11-16)23(30)27-20-8-18(13-28-7-3-4-19(24)14-28)9-21(10-20)29-12-17(2)26-15-29/h5-6,8-12,15,19H,3-4,7,13-14,24H2,1-2H3,(H,27,30)/t19-/m0/s1. The lowest BCUT2D eigenvalue weighted by molar-refractivity contribution is 0.102. The van der Waals surface area contributed by atoms with E-state index in [9.17, 15) is 4.79 Å². The van der Waals surface area contributed by atoms with E-state index in [-0.39, 0.29) is 11.9 Å². The van der Waals surface area contributed by atoms with Crippen LogP contribution in [-0.2, 0) is 6.54 Å². The highest BCUT2D eigenvalue weighted by atomic mass is 16.1. The van der Waals surface area contributed by atoms with Gasteiger partial charge in [-0.1, -0.05) is 6.07 Å². The summed E-state index contributed by atoms with van der Waals surface area (Å²) in [4.78, 5) is 23.6. The minimum absolute atomic E-state index is 0.222. The van der Waals surface area contributed by atoms with Gasteiger partial charge in [-0.05, 0) is 68.6 Å². The van der Waals surface area contributed by atoms with Crippen LogP contribution in [0.15, 0.2) is 49.1 Å². The summed E-state index contributed by atoms with van der Waals surface area (Å²) in [6.45, 7) is 6.63. The smallest absolute Gasteiger partial charge is 0.274 e. The molecule has 7 nitrogen and oxygen atoms in total. The van der Waals surface area contributed by atoms with Crippen LogP contribution in [-0.4, -0.2) is 44.5 Å². The third kappa shape index (κ3) is 4.93. The molecule has 2 aromatic heterocycles. The van der Waals surface area contributed by atoms with Gasteiger partial charge in [-0.2, -0.15) is 0 Å². The maximum absolute atomic E-state index is 12.7. The van der Waals surface area contributed by atoms with Gasteiger partial charge in [0.1, 0.15) is 5.69 Å². The number of aromatic nitrogens is 3. The summed E-state index contributed by atoms with van der Waals surface area (Å²) in [7, 11) is 0. The van der Waals surface area contributed by atoms with Crippen LogP contribution in [0.25, 0.3) is 5.69 Å². The molecular weight excluding hydrogens is 376 g/mol.